The fourth-order valence-corrected chi connectivity index (χ4v) is 3.51. The Morgan fingerprint density at radius 1 is 1.20 bits per heavy atom. The van der Waals surface area contributed by atoms with Crippen LogP contribution in [0, 0.1) is 6.92 Å². The molecule has 0 radical (unpaired) electrons. The summed E-state index contributed by atoms with van der Waals surface area (Å²) in [6.07, 6.45) is 4.84. The molecule has 2 heterocycles. The van der Waals surface area contributed by atoms with Gasteiger partial charge < -0.3 is 19.9 Å². The highest BCUT2D eigenvalue weighted by Crippen LogP contribution is 2.29. The molecule has 6 nitrogen and oxygen atoms in total. The summed E-state index contributed by atoms with van der Waals surface area (Å²) in [6, 6.07) is 5.84. The smallest absolute Gasteiger partial charge is 0.356 e. The highest BCUT2D eigenvalue weighted by Gasteiger charge is 2.22. The number of esters is 1. The summed E-state index contributed by atoms with van der Waals surface area (Å²) >= 11 is 0. The zero-order valence-corrected chi connectivity index (χ0v) is 14.9. The molecule has 2 aromatic rings. The van der Waals surface area contributed by atoms with Crippen LogP contribution in [0.1, 0.15) is 41.7 Å². The van der Waals surface area contributed by atoms with Crippen LogP contribution < -0.4 is 10.2 Å². The normalized spacial score (nSPS) is 15.8. The number of ether oxygens (including phenoxy) is 1. The molecule has 1 aliphatic rings. The number of hydrogen-bond acceptors (Lipinski definition) is 3. The van der Waals surface area contributed by atoms with Gasteiger partial charge in [-0.15, -0.1) is 0 Å². The molecule has 0 atom stereocenters. The predicted molar refractivity (Wildman–Crippen MR) is 97.0 cm³/mol. The molecule has 0 aliphatic carbocycles. The maximum Gasteiger partial charge on any atom is 0.356 e. The van der Waals surface area contributed by atoms with Crippen molar-refractivity contribution in [1.29, 1.82) is 0 Å². The highest BCUT2D eigenvalue weighted by atomic mass is 16.5. The molecule has 0 saturated carbocycles. The Morgan fingerprint density at radius 2 is 1.92 bits per heavy atom. The van der Waals surface area contributed by atoms with Gasteiger partial charge in [0, 0.05) is 10.9 Å². The number of likely N-dealkylation sites (tertiary alicyclic amines) is 1. The molecule has 3 N–H and O–H groups in total. The monoisotopic (exact) mass is 344 g/mol. The van der Waals surface area contributed by atoms with Gasteiger partial charge in [-0.3, -0.25) is 4.79 Å². The van der Waals surface area contributed by atoms with Crippen molar-refractivity contribution in [3.05, 3.63) is 29.5 Å². The standard InChI is InChI=1S/C19H25N3O3/c1-13-7-8-15-14(11-13)17(18(20-15)19(24)25-2)21-16(23)12-22-9-5-3-4-6-10-22/h7-8,11,20H,3-6,9-10,12H2,1-2H3,(H,21,23)/p+1. The Kier molecular flexibility index (Phi) is 5.38. The molecule has 1 aromatic carbocycles. The highest BCUT2D eigenvalue weighted by molar-refractivity contribution is 6.11. The van der Waals surface area contributed by atoms with E-state index < -0.39 is 5.97 Å². The van der Waals surface area contributed by atoms with E-state index in [4.69, 9.17) is 4.74 Å². The van der Waals surface area contributed by atoms with Crippen LogP contribution in [0.15, 0.2) is 18.2 Å². The molecule has 25 heavy (non-hydrogen) atoms. The van der Waals surface area contributed by atoms with E-state index in [0.29, 0.717) is 17.9 Å². The van der Waals surface area contributed by atoms with Crippen LogP contribution in [-0.2, 0) is 9.53 Å². The maximum atomic E-state index is 12.6. The van der Waals surface area contributed by atoms with Gasteiger partial charge in [-0.1, -0.05) is 11.6 Å². The van der Waals surface area contributed by atoms with Crippen molar-refractivity contribution >= 4 is 28.5 Å². The fraction of sp³-hybridized carbons (Fsp3) is 0.474. The molecule has 1 saturated heterocycles. The number of carbonyl (C=O) groups excluding carboxylic acids is 2. The first-order chi connectivity index (χ1) is 12.1. The number of nitrogens with one attached hydrogen (secondary N) is 3. The molecule has 6 heteroatoms. The number of quaternary nitrogens is 1. The van der Waals surface area contributed by atoms with Crippen LogP contribution in [0.4, 0.5) is 5.69 Å². The summed E-state index contributed by atoms with van der Waals surface area (Å²) in [7, 11) is 1.34. The van der Waals surface area contributed by atoms with Gasteiger partial charge in [0.15, 0.2) is 6.54 Å². The van der Waals surface area contributed by atoms with Crippen LogP contribution in [-0.4, -0.2) is 43.6 Å². The number of aromatic nitrogens is 1. The average molecular weight is 344 g/mol. The van der Waals surface area contributed by atoms with Crippen LogP contribution in [0.3, 0.4) is 0 Å². The molecule has 1 amide bonds. The molecule has 0 unspecified atom stereocenters. The van der Waals surface area contributed by atoms with E-state index in [1.54, 1.807) is 0 Å². The lowest BCUT2D eigenvalue weighted by Gasteiger charge is -2.16. The number of amides is 1. The summed E-state index contributed by atoms with van der Waals surface area (Å²) in [6.45, 7) is 4.48. The fourth-order valence-electron chi connectivity index (χ4n) is 3.51. The van der Waals surface area contributed by atoms with Gasteiger partial charge in [0.2, 0.25) is 0 Å². The quantitative estimate of drug-likeness (QED) is 0.739. The maximum absolute atomic E-state index is 12.6. The molecule has 1 aliphatic heterocycles. The number of anilines is 1. The lowest BCUT2D eigenvalue weighted by atomic mass is 10.1. The minimum absolute atomic E-state index is 0.0653. The summed E-state index contributed by atoms with van der Waals surface area (Å²) in [5.74, 6) is -0.546. The zero-order valence-electron chi connectivity index (χ0n) is 14.9. The molecule has 1 fully saturated rings. The third-order valence-corrected chi connectivity index (χ3v) is 4.83. The molecule has 0 spiro atoms. The van der Waals surface area contributed by atoms with Crippen molar-refractivity contribution in [2.24, 2.45) is 0 Å². The Labute approximate surface area is 147 Å². The van der Waals surface area contributed by atoms with Crippen LogP contribution in [0.5, 0.6) is 0 Å². The molecule has 0 bridgehead atoms. The summed E-state index contributed by atoms with van der Waals surface area (Å²) in [4.78, 5) is 29.1. The third-order valence-electron chi connectivity index (χ3n) is 4.83. The number of benzene rings is 1. The Balaban J connectivity index is 1.84. The van der Waals surface area contributed by atoms with E-state index in [2.05, 4.69) is 10.3 Å². The Hall–Kier alpha value is -2.34. The van der Waals surface area contributed by atoms with Crippen molar-refractivity contribution in [2.45, 2.75) is 32.6 Å². The van der Waals surface area contributed by atoms with Crippen molar-refractivity contribution in [3.63, 3.8) is 0 Å². The van der Waals surface area contributed by atoms with Crippen LogP contribution in [0.25, 0.3) is 10.9 Å². The van der Waals surface area contributed by atoms with E-state index in [0.717, 1.165) is 29.6 Å². The number of fused-ring (bicyclic) bond motifs is 1. The first-order valence-corrected chi connectivity index (χ1v) is 8.92. The Morgan fingerprint density at radius 3 is 2.60 bits per heavy atom. The number of H-pyrrole nitrogens is 1. The largest absolute Gasteiger partial charge is 0.464 e. The SMILES string of the molecule is COC(=O)c1[nH]c2ccc(C)cc2c1NC(=O)C[NH+]1CCCCCC1. The minimum Gasteiger partial charge on any atom is -0.464 e. The van der Waals surface area contributed by atoms with E-state index >= 15 is 0 Å². The number of rotatable bonds is 4. The van der Waals surface area contributed by atoms with Gasteiger partial charge >= 0.3 is 5.97 Å². The van der Waals surface area contributed by atoms with Gasteiger partial charge in [0.05, 0.1) is 25.9 Å². The molecule has 134 valence electrons. The molecule has 3 rings (SSSR count). The lowest BCUT2D eigenvalue weighted by molar-refractivity contribution is -0.890. The zero-order chi connectivity index (χ0) is 17.8. The van der Waals surface area contributed by atoms with Crippen molar-refractivity contribution < 1.29 is 19.2 Å². The first-order valence-electron chi connectivity index (χ1n) is 8.92. The predicted octanol–water partition coefficient (Wildman–Crippen LogP) is 1.66. The number of methoxy groups -OCH3 is 1. The van der Waals surface area contributed by atoms with E-state index in [1.807, 2.05) is 25.1 Å². The van der Waals surface area contributed by atoms with Crippen LogP contribution >= 0.6 is 0 Å². The number of aromatic amines is 1. The van der Waals surface area contributed by atoms with Crippen LogP contribution in [0.2, 0.25) is 0 Å². The van der Waals surface area contributed by atoms with Gasteiger partial charge in [-0.25, -0.2) is 4.79 Å². The van der Waals surface area contributed by atoms with E-state index in [-0.39, 0.29) is 5.91 Å². The van der Waals surface area contributed by atoms with E-state index in [9.17, 15) is 9.59 Å². The minimum atomic E-state index is -0.480. The summed E-state index contributed by atoms with van der Waals surface area (Å²) in [5.41, 5.74) is 2.69. The van der Waals surface area contributed by atoms with Crippen molar-refractivity contribution in [1.82, 2.24) is 4.98 Å². The number of carbonyl (C=O) groups is 2. The summed E-state index contributed by atoms with van der Waals surface area (Å²) in [5, 5.41) is 3.78. The van der Waals surface area contributed by atoms with Gasteiger partial charge in [0.1, 0.15) is 5.69 Å². The second-order valence-electron chi connectivity index (χ2n) is 6.80. The number of hydrogen-bond donors (Lipinski definition) is 3. The second-order valence-corrected chi connectivity index (χ2v) is 6.80. The first kappa shape index (κ1) is 17.5. The lowest BCUT2D eigenvalue weighted by Crippen LogP contribution is -3.12. The third kappa shape index (κ3) is 4.02. The second kappa shape index (κ2) is 7.70. The van der Waals surface area contributed by atoms with Gasteiger partial charge in [-0.05, 0) is 44.7 Å². The molecular weight excluding hydrogens is 318 g/mol. The van der Waals surface area contributed by atoms with Crippen molar-refractivity contribution in [3.8, 4) is 0 Å². The van der Waals surface area contributed by atoms with Crippen molar-refractivity contribution in [2.75, 3.05) is 32.1 Å². The topological polar surface area (TPSA) is 75.6 Å². The Bertz CT molecular complexity index is 774. The van der Waals surface area contributed by atoms with Gasteiger partial charge in [-0.2, -0.15) is 0 Å². The van der Waals surface area contributed by atoms with E-state index in [1.165, 1.54) is 37.7 Å². The summed E-state index contributed by atoms with van der Waals surface area (Å²) < 4.78 is 4.86. The average Bonchev–Trinajstić information content (AvgIpc) is 2.77. The van der Waals surface area contributed by atoms with Gasteiger partial charge in [0.25, 0.3) is 5.91 Å². The number of aryl methyl sites for hydroxylation is 1. The molecule has 1 aromatic heterocycles. The molecular formula is C19H26N3O3+.